The Morgan fingerprint density at radius 3 is 2.55 bits per heavy atom. The van der Waals surface area contributed by atoms with Crippen LogP contribution >= 0.6 is 11.6 Å². The third-order valence-electron chi connectivity index (χ3n) is 3.21. The highest BCUT2D eigenvalue weighted by molar-refractivity contribution is 6.28. The van der Waals surface area contributed by atoms with Crippen molar-refractivity contribution in [3.63, 3.8) is 0 Å². The second kappa shape index (κ2) is 6.07. The summed E-state index contributed by atoms with van der Waals surface area (Å²) in [5.74, 6) is 1.04. The molecule has 1 aliphatic rings. The van der Waals surface area contributed by atoms with Crippen LogP contribution in [0.5, 0.6) is 0 Å². The zero-order valence-electron chi connectivity index (χ0n) is 12.3. The molecule has 2 unspecified atom stereocenters. The van der Waals surface area contributed by atoms with Gasteiger partial charge in [0.2, 0.25) is 17.2 Å². The molecule has 112 valence electrons. The molecule has 0 bridgehead atoms. The van der Waals surface area contributed by atoms with Crippen LogP contribution < -0.4 is 9.80 Å². The van der Waals surface area contributed by atoms with E-state index in [-0.39, 0.29) is 17.4 Å². The van der Waals surface area contributed by atoms with Crippen LogP contribution in [0.1, 0.15) is 6.42 Å². The molecule has 2 atom stereocenters. The van der Waals surface area contributed by atoms with Crippen LogP contribution in [0.2, 0.25) is 5.28 Å². The zero-order valence-corrected chi connectivity index (χ0v) is 13.0. The first-order valence-corrected chi connectivity index (χ1v) is 6.93. The Morgan fingerprint density at radius 2 is 1.95 bits per heavy atom. The fourth-order valence-electron chi connectivity index (χ4n) is 2.39. The summed E-state index contributed by atoms with van der Waals surface area (Å²) in [5, 5.41) is 10.1. The molecule has 20 heavy (non-hydrogen) atoms. The Morgan fingerprint density at radius 1 is 1.25 bits per heavy atom. The van der Waals surface area contributed by atoms with Gasteiger partial charge in [0, 0.05) is 33.2 Å². The molecular formula is C12H21ClN6O. The predicted octanol–water partition coefficient (Wildman–Crippen LogP) is 0.0922. The predicted molar refractivity (Wildman–Crippen MR) is 79.5 cm³/mol. The number of aliphatic hydroxyl groups is 1. The first-order chi connectivity index (χ1) is 9.36. The molecule has 0 aliphatic carbocycles. The zero-order chi connectivity index (χ0) is 14.9. The van der Waals surface area contributed by atoms with Gasteiger partial charge in [-0.3, -0.25) is 0 Å². The fourth-order valence-corrected chi connectivity index (χ4v) is 2.54. The van der Waals surface area contributed by atoms with Crippen LogP contribution in [0.15, 0.2) is 0 Å². The molecule has 0 saturated carbocycles. The highest BCUT2D eigenvalue weighted by atomic mass is 35.5. The summed E-state index contributed by atoms with van der Waals surface area (Å²) in [6.45, 7) is 1.35. The Bertz CT molecular complexity index is 469. The summed E-state index contributed by atoms with van der Waals surface area (Å²) < 4.78 is 0. The van der Waals surface area contributed by atoms with Gasteiger partial charge in [0.05, 0.1) is 6.10 Å². The molecule has 2 rings (SSSR count). The minimum Gasteiger partial charge on any atom is -0.391 e. The third-order valence-corrected chi connectivity index (χ3v) is 3.38. The van der Waals surface area contributed by atoms with Crippen molar-refractivity contribution in [3.05, 3.63) is 5.28 Å². The van der Waals surface area contributed by atoms with E-state index in [1.807, 2.05) is 33.1 Å². The van der Waals surface area contributed by atoms with Gasteiger partial charge in [0.25, 0.3) is 0 Å². The van der Waals surface area contributed by atoms with E-state index in [0.717, 1.165) is 6.54 Å². The quantitative estimate of drug-likeness (QED) is 0.845. The maximum atomic E-state index is 9.92. The molecule has 1 N–H and O–H groups in total. The molecule has 0 aromatic carbocycles. The fraction of sp³-hybridized carbons (Fsp3) is 0.750. The molecule has 2 heterocycles. The Hall–Kier alpha value is -1.18. The number of rotatable bonds is 4. The molecule has 1 fully saturated rings. The van der Waals surface area contributed by atoms with E-state index in [9.17, 15) is 5.11 Å². The van der Waals surface area contributed by atoms with E-state index in [1.165, 1.54) is 0 Å². The number of hydrogen-bond acceptors (Lipinski definition) is 7. The standard InChI is InChI=1S/C12H21ClN6O/c1-17(2)6-8-5-9(20)7-19(8)12-15-10(13)14-11(16-12)18(3)4/h8-9,20H,5-7H2,1-4H3. The van der Waals surface area contributed by atoms with E-state index in [1.54, 1.807) is 4.90 Å². The first-order valence-electron chi connectivity index (χ1n) is 6.55. The van der Waals surface area contributed by atoms with Crippen molar-refractivity contribution < 1.29 is 5.11 Å². The smallest absolute Gasteiger partial charge is 0.231 e. The monoisotopic (exact) mass is 300 g/mol. The average molecular weight is 301 g/mol. The van der Waals surface area contributed by atoms with Crippen LogP contribution in [-0.4, -0.2) is 78.4 Å². The lowest BCUT2D eigenvalue weighted by Gasteiger charge is -2.27. The summed E-state index contributed by atoms with van der Waals surface area (Å²) in [6, 6.07) is 0.175. The van der Waals surface area contributed by atoms with Crippen LogP contribution in [-0.2, 0) is 0 Å². The lowest BCUT2D eigenvalue weighted by molar-refractivity contribution is 0.191. The Kier molecular flexibility index (Phi) is 4.62. The normalized spacial score (nSPS) is 22.6. The number of nitrogens with zero attached hydrogens (tertiary/aromatic N) is 6. The lowest BCUT2D eigenvalue weighted by atomic mass is 10.2. The van der Waals surface area contributed by atoms with E-state index >= 15 is 0 Å². The topological polar surface area (TPSA) is 68.6 Å². The highest BCUT2D eigenvalue weighted by Crippen LogP contribution is 2.25. The van der Waals surface area contributed by atoms with Crippen molar-refractivity contribution in [1.82, 2.24) is 19.9 Å². The van der Waals surface area contributed by atoms with Gasteiger partial charge < -0.3 is 19.8 Å². The largest absolute Gasteiger partial charge is 0.391 e. The van der Waals surface area contributed by atoms with Crippen LogP contribution in [0, 0.1) is 0 Å². The maximum absolute atomic E-state index is 9.92. The summed E-state index contributed by atoms with van der Waals surface area (Å²) in [7, 11) is 7.72. The van der Waals surface area contributed by atoms with Gasteiger partial charge in [-0.05, 0) is 32.1 Å². The molecule has 0 spiro atoms. The minimum atomic E-state index is -0.363. The Balaban J connectivity index is 2.28. The van der Waals surface area contributed by atoms with E-state index in [4.69, 9.17) is 11.6 Å². The summed E-state index contributed by atoms with van der Waals surface area (Å²) in [4.78, 5) is 18.6. The molecule has 8 heteroatoms. The van der Waals surface area contributed by atoms with Crippen LogP contribution in [0.25, 0.3) is 0 Å². The number of β-amino-alcohol motifs (C(OH)–C–C–N with tert-alkyl or cyclic N) is 1. The van der Waals surface area contributed by atoms with Crippen LogP contribution in [0.3, 0.4) is 0 Å². The molecule has 0 radical (unpaired) electrons. The highest BCUT2D eigenvalue weighted by Gasteiger charge is 2.33. The van der Waals surface area contributed by atoms with Crippen molar-refractivity contribution >= 4 is 23.5 Å². The number of likely N-dealkylation sites (N-methyl/N-ethyl adjacent to an activating group) is 1. The van der Waals surface area contributed by atoms with Crippen molar-refractivity contribution in [3.8, 4) is 0 Å². The molecule has 1 aromatic rings. The van der Waals surface area contributed by atoms with Gasteiger partial charge in [0.15, 0.2) is 0 Å². The maximum Gasteiger partial charge on any atom is 0.231 e. The van der Waals surface area contributed by atoms with Crippen molar-refractivity contribution in [2.24, 2.45) is 0 Å². The molecule has 1 aliphatic heterocycles. The number of hydrogen-bond donors (Lipinski definition) is 1. The average Bonchev–Trinajstić information content (AvgIpc) is 2.68. The number of anilines is 2. The van der Waals surface area contributed by atoms with Gasteiger partial charge in [-0.1, -0.05) is 0 Å². The van der Waals surface area contributed by atoms with Gasteiger partial charge >= 0.3 is 0 Å². The molecule has 1 aromatic heterocycles. The summed E-state index contributed by atoms with van der Waals surface area (Å²) >= 11 is 5.97. The number of halogens is 1. The van der Waals surface area contributed by atoms with Gasteiger partial charge in [-0.25, -0.2) is 0 Å². The van der Waals surface area contributed by atoms with Crippen LogP contribution in [0.4, 0.5) is 11.9 Å². The number of aliphatic hydroxyl groups excluding tert-OH is 1. The van der Waals surface area contributed by atoms with Crippen molar-refractivity contribution in [2.75, 3.05) is 51.1 Å². The van der Waals surface area contributed by atoms with Gasteiger partial charge in [-0.2, -0.15) is 15.0 Å². The molecule has 1 saturated heterocycles. The molecule has 0 amide bonds. The van der Waals surface area contributed by atoms with Crippen molar-refractivity contribution in [2.45, 2.75) is 18.6 Å². The van der Waals surface area contributed by atoms with E-state index in [2.05, 4.69) is 19.9 Å². The van der Waals surface area contributed by atoms with Gasteiger partial charge in [0.1, 0.15) is 0 Å². The van der Waals surface area contributed by atoms with Gasteiger partial charge in [-0.15, -0.1) is 0 Å². The molecule has 7 nitrogen and oxygen atoms in total. The van der Waals surface area contributed by atoms with E-state index < -0.39 is 0 Å². The second-order valence-corrected chi connectivity index (χ2v) is 5.89. The summed E-state index contributed by atoms with van der Waals surface area (Å²) in [6.07, 6.45) is 0.344. The van der Waals surface area contributed by atoms with Crippen molar-refractivity contribution in [1.29, 1.82) is 0 Å². The molecular weight excluding hydrogens is 280 g/mol. The van der Waals surface area contributed by atoms with E-state index in [0.29, 0.717) is 24.9 Å². The first kappa shape index (κ1) is 15.2. The SMILES string of the molecule is CN(C)CC1CC(O)CN1c1nc(Cl)nc(N(C)C)n1. The number of aromatic nitrogens is 3. The summed E-state index contributed by atoms with van der Waals surface area (Å²) in [5.41, 5.74) is 0. The Labute approximate surface area is 124 Å². The lowest BCUT2D eigenvalue weighted by Crippen LogP contribution is -2.38. The second-order valence-electron chi connectivity index (χ2n) is 5.56. The minimum absolute atomic E-state index is 0.170. The third kappa shape index (κ3) is 3.47.